The van der Waals surface area contributed by atoms with Crippen molar-refractivity contribution in [2.24, 2.45) is 0 Å². The van der Waals surface area contributed by atoms with E-state index in [-0.39, 0.29) is 12.2 Å². The second-order valence-corrected chi connectivity index (χ2v) is 5.65. The van der Waals surface area contributed by atoms with E-state index < -0.39 is 11.6 Å². The number of rotatable bonds is 5. The number of halogens is 4. The van der Waals surface area contributed by atoms with Crippen LogP contribution in [-0.2, 0) is 11.9 Å². The maximum absolute atomic E-state index is 13.6. The molecule has 112 valence electrons. The normalized spacial score (nSPS) is 10.5. The first-order valence-corrected chi connectivity index (χ1v) is 7.96. The highest BCUT2D eigenvalue weighted by Crippen LogP contribution is 2.37. The molecule has 0 aliphatic heterocycles. The zero-order chi connectivity index (χ0) is 15.4. The Hall–Kier alpha value is -1.14. The van der Waals surface area contributed by atoms with Gasteiger partial charge in [0.15, 0.2) is 11.5 Å². The van der Waals surface area contributed by atoms with Gasteiger partial charge >= 0.3 is 0 Å². The van der Waals surface area contributed by atoms with Gasteiger partial charge in [-0.15, -0.1) is 0 Å². The molecule has 2 aromatic rings. The minimum absolute atomic E-state index is 0.115. The fourth-order valence-corrected chi connectivity index (χ4v) is 2.73. The van der Waals surface area contributed by atoms with Crippen molar-refractivity contribution in [1.82, 2.24) is 0 Å². The first kappa shape index (κ1) is 16.2. The van der Waals surface area contributed by atoms with E-state index in [1.54, 1.807) is 6.07 Å². The Morgan fingerprint density at radius 3 is 2.38 bits per heavy atom. The molecule has 0 radical (unpaired) electrons. The van der Waals surface area contributed by atoms with Gasteiger partial charge in [0.1, 0.15) is 18.2 Å². The highest BCUT2D eigenvalue weighted by Gasteiger charge is 2.14. The molecular weight excluding hydrogens is 410 g/mol. The summed E-state index contributed by atoms with van der Waals surface area (Å²) in [6.07, 6.45) is 0. The summed E-state index contributed by atoms with van der Waals surface area (Å²) in [5, 5.41) is 0.657. The Bertz CT molecular complexity index is 628. The van der Waals surface area contributed by atoms with E-state index in [0.717, 1.165) is 5.56 Å². The molecule has 0 atom stereocenters. The molecular formula is C15H12Br2F2O2. The Kier molecular flexibility index (Phi) is 5.58. The fourth-order valence-electron chi connectivity index (χ4n) is 1.81. The highest BCUT2D eigenvalue weighted by molar-refractivity contribution is 9.10. The Morgan fingerprint density at radius 2 is 1.81 bits per heavy atom. The van der Waals surface area contributed by atoms with Crippen LogP contribution < -0.4 is 9.47 Å². The minimum Gasteiger partial charge on any atom is -0.493 e. The topological polar surface area (TPSA) is 18.5 Å². The van der Waals surface area contributed by atoms with Gasteiger partial charge in [-0.1, -0.05) is 22.0 Å². The number of alkyl halides is 1. The average Bonchev–Trinajstić information content (AvgIpc) is 2.47. The van der Waals surface area contributed by atoms with Crippen molar-refractivity contribution in [2.75, 3.05) is 7.11 Å². The summed E-state index contributed by atoms with van der Waals surface area (Å²) in [6.45, 7) is -0.221. The second kappa shape index (κ2) is 7.22. The Labute approximate surface area is 138 Å². The molecule has 0 unspecified atom stereocenters. The summed E-state index contributed by atoms with van der Waals surface area (Å²) in [7, 11) is 1.51. The van der Waals surface area contributed by atoms with Crippen molar-refractivity contribution in [1.29, 1.82) is 0 Å². The SMILES string of the molecule is COc1cc(CBr)cc(Br)c1OCc1c(F)cccc1F. The van der Waals surface area contributed by atoms with Gasteiger partial charge in [0, 0.05) is 5.33 Å². The molecule has 2 rings (SSSR count). The predicted octanol–water partition coefficient (Wildman–Crippen LogP) is 5.21. The molecule has 2 nitrogen and oxygen atoms in total. The monoisotopic (exact) mass is 420 g/mol. The third-order valence-corrected chi connectivity index (χ3v) is 4.10. The van der Waals surface area contributed by atoms with Crippen LogP contribution in [0, 0.1) is 11.6 Å². The van der Waals surface area contributed by atoms with Crippen LogP contribution >= 0.6 is 31.9 Å². The standard InChI is InChI=1S/C15H12Br2F2O2/c1-20-14-6-9(7-16)5-11(17)15(14)21-8-10-12(18)3-2-4-13(10)19/h2-6H,7-8H2,1H3. The summed E-state index contributed by atoms with van der Waals surface area (Å²) >= 11 is 6.73. The van der Waals surface area contributed by atoms with E-state index >= 15 is 0 Å². The lowest BCUT2D eigenvalue weighted by molar-refractivity contribution is 0.272. The number of hydrogen-bond acceptors (Lipinski definition) is 2. The molecule has 21 heavy (non-hydrogen) atoms. The molecule has 0 saturated carbocycles. The van der Waals surface area contributed by atoms with Crippen molar-refractivity contribution in [3.05, 3.63) is 57.6 Å². The molecule has 0 aliphatic carbocycles. The van der Waals surface area contributed by atoms with Gasteiger partial charge in [0.25, 0.3) is 0 Å². The van der Waals surface area contributed by atoms with Gasteiger partial charge in [0.05, 0.1) is 17.1 Å². The summed E-state index contributed by atoms with van der Waals surface area (Å²) in [4.78, 5) is 0. The first-order chi connectivity index (χ1) is 10.1. The summed E-state index contributed by atoms with van der Waals surface area (Å²) < 4.78 is 38.6. The Balaban J connectivity index is 2.28. The summed E-state index contributed by atoms with van der Waals surface area (Å²) in [5.41, 5.74) is 0.874. The molecule has 0 amide bonds. The van der Waals surface area contributed by atoms with Crippen LogP contribution in [-0.4, -0.2) is 7.11 Å². The van der Waals surface area contributed by atoms with E-state index in [9.17, 15) is 8.78 Å². The van der Waals surface area contributed by atoms with Crippen LogP contribution in [0.2, 0.25) is 0 Å². The van der Waals surface area contributed by atoms with Gasteiger partial charge in [-0.3, -0.25) is 0 Å². The van der Waals surface area contributed by atoms with Crippen molar-refractivity contribution >= 4 is 31.9 Å². The zero-order valence-electron chi connectivity index (χ0n) is 11.1. The van der Waals surface area contributed by atoms with Gasteiger partial charge in [-0.05, 0) is 45.8 Å². The van der Waals surface area contributed by atoms with E-state index in [1.165, 1.54) is 25.3 Å². The molecule has 0 saturated heterocycles. The summed E-state index contributed by atoms with van der Waals surface area (Å²) in [6, 6.07) is 7.36. The third kappa shape index (κ3) is 3.74. The van der Waals surface area contributed by atoms with Crippen LogP contribution in [0.1, 0.15) is 11.1 Å². The zero-order valence-corrected chi connectivity index (χ0v) is 14.3. The largest absolute Gasteiger partial charge is 0.493 e. The Morgan fingerprint density at radius 1 is 1.14 bits per heavy atom. The minimum atomic E-state index is -0.637. The van der Waals surface area contributed by atoms with Gasteiger partial charge in [-0.2, -0.15) is 0 Å². The number of ether oxygens (including phenoxy) is 2. The number of benzene rings is 2. The molecule has 0 N–H and O–H groups in total. The van der Waals surface area contributed by atoms with Crippen LogP contribution in [0.25, 0.3) is 0 Å². The molecule has 6 heteroatoms. The van der Waals surface area contributed by atoms with Gasteiger partial charge < -0.3 is 9.47 Å². The smallest absolute Gasteiger partial charge is 0.175 e. The van der Waals surface area contributed by atoms with Crippen molar-refractivity contribution in [2.45, 2.75) is 11.9 Å². The molecule has 0 bridgehead atoms. The lowest BCUT2D eigenvalue weighted by atomic mass is 10.2. The molecule has 0 spiro atoms. The van der Waals surface area contributed by atoms with Crippen LogP contribution in [0.5, 0.6) is 11.5 Å². The molecule has 0 heterocycles. The lowest BCUT2D eigenvalue weighted by Crippen LogP contribution is -2.03. The third-order valence-electron chi connectivity index (χ3n) is 2.87. The van der Waals surface area contributed by atoms with E-state index in [0.29, 0.717) is 21.3 Å². The first-order valence-electron chi connectivity index (χ1n) is 6.05. The summed E-state index contributed by atoms with van der Waals surface area (Å²) in [5.74, 6) is -0.371. The predicted molar refractivity (Wildman–Crippen MR) is 84.0 cm³/mol. The fraction of sp³-hybridized carbons (Fsp3) is 0.200. The van der Waals surface area contributed by atoms with Gasteiger partial charge in [-0.25, -0.2) is 8.78 Å². The maximum atomic E-state index is 13.6. The average molecular weight is 422 g/mol. The number of hydrogen-bond donors (Lipinski definition) is 0. The van der Waals surface area contributed by atoms with Crippen molar-refractivity contribution < 1.29 is 18.3 Å². The maximum Gasteiger partial charge on any atom is 0.175 e. The second-order valence-electron chi connectivity index (χ2n) is 4.23. The number of methoxy groups -OCH3 is 1. The van der Waals surface area contributed by atoms with Crippen molar-refractivity contribution in [3.63, 3.8) is 0 Å². The molecule has 0 aliphatic rings. The highest BCUT2D eigenvalue weighted by atomic mass is 79.9. The van der Waals surface area contributed by atoms with Gasteiger partial charge in [0.2, 0.25) is 0 Å². The van der Waals surface area contributed by atoms with Crippen molar-refractivity contribution in [3.8, 4) is 11.5 Å². The van der Waals surface area contributed by atoms with Crippen LogP contribution in [0.4, 0.5) is 8.78 Å². The van der Waals surface area contributed by atoms with Crippen LogP contribution in [0.15, 0.2) is 34.8 Å². The van der Waals surface area contributed by atoms with E-state index in [1.807, 2.05) is 6.07 Å². The van der Waals surface area contributed by atoms with E-state index in [4.69, 9.17) is 9.47 Å². The van der Waals surface area contributed by atoms with E-state index in [2.05, 4.69) is 31.9 Å². The van der Waals surface area contributed by atoms with Crippen LogP contribution in [0.3, 0.4) is 0 Å². The quantitative estimate of drug-likeness (QED) is 0.617. The molecule has 0 fully saturated rings. The lowest BCUT2D eigenvalue weighted by Gasteiger charge is -2.14. The molecule has 0 aromatic heterocycles. The molecule has 2 aromatic carbocycles.